The highest BCUT2D eigenvalue weighted by Gasteiger charge is 2.41. The zero-order valence-corrected chi connectivity index (χ0v) is 15.9. The number of methoxy groups -OCH3 is 1. The van der Waals surface area contributed by atoms with E-state index in [9.17, 15) is 17.6 Å². The van der Waals surface area contributed by atoms with Crippen molar-refractivity contribution in [3.8, 4) is 0 Å². The van der Waals surface area contributed by atoms with Gasteiger partial charge in [-0.3, -0.25) is 0 Å². The van der Waals surface area contributed by atoms with Gasteiger partial charge in [-0.15, -0.1) is 12.4 Å². The number of carbonyl (C=O) groups is 1. The molecule has 0 aliphatic heterocycles. The first-order valence-corrected chi connectivity index (χ1v) is 9.36. The molecular weight excluding hydrogens is 371 g/mol. The van der Waals surface area contributed by atoms with E-state index in [0.717, 1.165) is 44.6 Å². The van der Waals surface area contributed by atoms with Gasteiger partial charge in [0.2, 0.25) is 10.0 Å². The third-order valence-corrected chi connectivity index (χ3v) is 6.39. The van der Waals surface area contributed by atoms with Gasteiger partial charge in [0.25, 0.3) is 0 Å². The molecule has 2 rings (SSSR count). The standard InChI is InChI=1S/C16H23FN2O4S.ClH/c1-11-5-3-4-8-16(11,10-18)19-24(21,22)14-9-12(17)6-7-13(14)15(20)23-2;/h6-7,9,11,19H,3-5,8,10,18H2,1-2H3;1H. The summed E-state index contributed by atoms with van der Waals surface area (Å²) < 4.78 is 46.6. The average Bonchev–Trinajstić information content (AvgIpc) is 2.56. The minimum atomic E-state index is -4.14. The van der Waals surface area contributed by atoms with Crippen LogP contribution in [0.3, 0.4) is 0 Å². The third kappa shape index (κ3) is 4.49. The Morgan fingerprint density at radius 2 is 2.12 bits per heavy atom. The molecule has 0 amide bonds. The summed E-state index contributed by atoms with van der Waals surface area (Å²) in [6.45, 7) is 2.08. The van der Waals surface area contributed by atoms with Gasteiger partial charge in [-0.05, 0) is 37.0 Å². The van der Waals surface area contributed by atoms with Crippen molar-refractivity contribution in [2.45, 2.75) is 43.0 Å². The van der Waals surface area contributed by atoms with E-state index in [2.05, 4.69) is 9.46 Å². The number of nitrogens with two attached hydrogens (primary N) is 1. The molecule has 6 nitrogen and oxygen atoms in total. The molecule has 0 heterocycles. The Hall–Kier alpha value is -1.22. The maximum atomic E-state index is 13.6. The first kappa shape index (κ1) is 21.8. The number of ether oxygens (including phenoxy) is 1. The molecular formula is C16H24ClFN2O4S. The second kappa shape index (κ2) is 8.44. The molecule has 1 aliphatic rings. The van der Waals surface area contributed by atoms with Crippen LogP contribution in [0.25, 0.3) is 0 Å². The fourth-order valence-electron chi connectivity index (χ4n) is 3.23. The summed E-state index contributed by atoms with van der Waals surface area (Å²) in [6, 6.07) is 2.95. The summed E-state index contributed by atoms with van der Waals surface area (Å²) in [4.78, 5) is 11.4. The highest BCUT2D eigenvalue weighted by Crippen LogP contribution is 2.34. The summed E-state index contributed by atoms with van der Waals surface area (Å²) >= 11 is 0. The van der Waals surface area contributed by atoms with Crippen molar-refractivity contribution in [3.05, 3.63) is 29.6 Å². The van der Waals surface area contributed by atoms with Crippen LogP contribution in [0.1, 0.15) is 43.0 Å². The summed E-state index contributed by atoms with van der Waals surface area (Å²) in [7, 11) is -3.00. The van der Waals surface area contributed by atoms with Crippen molar-refractivity contribution in [2.24, 2.45) is 11.7 Å². The van der Waals surface area contributed by atoms with Crippen LogP contribution >= 0.6 is 12.4 Å². The quantitative estimate of drug-likeness (QED) is 0.746. The molecule has 9 heteroatoms. The van der Waals surface area contributed by atoms with E-state index in [1.165, 1.54) is 0 Å². The molecule has 1 fully saturated rings. The molecule has 2 atom stereocenters. The van der Waals surface area contributed by atoms with Crippen molar-refractivity contribution in [1.29, 1.82) is 0 Å². The molecule has 0 saturated heterocycles. The summed E-state index contributed by atoms with van der Waals surface area (Å²) in [6.07, 6.45) is 3.33. The maximum absolute atomic E-state index is 13.6. The number of esters is 1. The van der Waals surface area contributed by atoms with Crippen LogP contribution < -0.4 is 10.5 Å². The molecule has 25 heavy (non-hydrogen) atoms. The van der Waals surface area contributed by atoms with Gasteiger partial charge < -0.3 is 10.5 Å². The van der Waals surface area contributed by atoms with Gasteiger partial charge in [-0.1, -0.05) is 19.8 Å². The first-order chi connectivity index (χ1) is 11.3. The van der Waals surface area contributed by atoms with Crippen LogP contribution in [-0.4, -0.2) is 33.6 Å². The lowest BCUT2D eigenvalue weighted by atomic mass is 9.74. The number of halogens is 2. The van der Waals surface area contributed by atoms with Crippen molar-refractivity contribution < 1.29 is 22.3 Å². The zero-order chi connectivity index (χ0) is 18.0. The lowest BCUT2D eigenvalue weighted by molar-refractivity contribution is 0.0596. The Kier molecular flexibility index (Phi) is 7.37. The number of hydrogen-bond acceptors (Lipinski definition) is 5. The van der Waals surface area contributed by atoms with E-state index < -0.39 is 32.2 Å². The zero-order valence-electron chi connectivity index (χ0n) is 14.2. The number of hydrogen-bond donors (Lipinski definition) is 2. The van der Waals surface area contributed by atoms with E-state index in [4.69, 9.17) is 5.73 Å². The minimum absolute atomic E-state index is 0. The second-order valence-electron chi connectivity index (χ2n) is 6.24. The SMILES string of the molecule is COC(=O)c1ccc(F)cc1S(=O)(=O)NC1(CN)CCCCC1C.Cl. The number of benzene rings is 1. The van der Waals surface area contributed by atoms with Gasteiger partial charge in [0.1, 0.15) is 5.82 Å². The van der Waals surface area contributed by atoms with Crippen LogP contribution in [0.5, 0.6) is 0 Å². The van der Waals surface area contributed by atoms with Crippen LogP contribution in [0, 0.1) is 11.7 Å². The molecule has 1 aliphatic carbocycles. The summed E-state index contributed by atoms with van der Waals surface area (Å²) in [5, 5.41) is 0. The molecule has 1 aromatic rings. The van der Waals surface area contributed by atoms with Crippen LogP contribution in [0.2, 0.25) is 0 Å². The molecule has 0 bridgehead atoms. The third-order valence-electron chi connectivity index (χ3n) is 4.79. The van der Waals surface area contributed by atoms with Crippen molar-refractivity contribution in [2.75, 3.05) is 13.7 Å². The molecule has 1 aromatic carbocycles. The molecule has 3 N–H and O–H groups in total. The Morgan fingerprint density at radius 1 is 1.44 bits per heavy atom. The van der Waals surface area contributed by atoms with Crippen molar-refractivity contribution in [3.63, 3.8) is 0 Å². The number of sulfonamides is 1. The van der Waals surface area contributed by atoms with E-state index >= 15 is 0 Å². The smallest absolute Gasteiger partial charge is 0.339 e. The molecule has 0 spiro atoms. The fraction of sp³-hybridized carbons (Fsp3) is 0.562. The van der Waals surface area contributed by atoms with Crippen LogP contribution in [0.4, 0.5) is 4.39 Å². The Labute approximate surface area is 153 Å². The van der Waals surface area contributed by atoms with E-state index in [0.29, 0.717) is 6.42 Å². The van der Waals surface area contributed by atoms with Crippen molar-refractivity contribution >= 4 is 28.4 Å². The second-order valence-corrected chi connectivity index (χ2v) is 7.90. The first-order valence-electron chi connectivity index (χ1n) is 7.87. The molecule has 2 unspecified atom stereocenters. The van der Waals surface area contributed by atoms with Crippen LogP contribution in [0.15, 0.2) is 23.1 Å². The Bertz CT molecular complexity index is 729. The Balaban J connectivity index is 0.00000312. The molecule has 142 valence electrons. The van der Waals surface area contributed by atoms with E-state index in [1.807, 2.05) is 6.92 Å². The number of carbonyl (C=O) groups excluding carboxylic acids is 1. The van der Waals surface area contributed by atoms with Gasteiger partial charge in [0.15, 0.2) is 0 Å². The number of nitrogens with one attached hydrogen (secondary N) is 1. The van der Waals surface area contributed by atoms with Gasteiger partial charge >= 0.3 is 5.97 Å². The van der Waals surface area contributed by atoms with Gasteiger partial charge in [0.05, 0.1) is 17.6 Å². The molecule has 1 saturated carbocycles. The van der Waals surface area contributed by atoms with E-state index in [-0.39, 0.29) is 30.4 Å². The molecule has 0 aromatic heterocycles. The van der Waals surface area contributed by atoms with Gasteiger partial charge in [-0.2, -0.15) is 0 Å². The van der Waals surface area contributed by atoms with E-state index in [1.54, 1.807) is 0 Å². The predicted molar refractivity (Wildman–Crippen MR) is 94.7 cm³/mol. The average molecular weight is 395 g/mol. The topological polar surface area (TPSA) is 98.5 Å². The van der Waals surface area contributed by atoms with Gasteiger partial charge in [0, 0.05) is 12.1 Å². The summed E-state index contributed by atoms with van der Waals surface area (Å²) in [5.74, 6) is -1.54. The monoisotopic (exact) mass is 394 g/mol. The predicted octanol–water partition coefficient (Wildman–Crippen LogP) is 2.22. The number of rotatable bonds is 5. The van der Waals surface area contributed by atoms with Gasteiger partial charge in [-0.25, -0.2) is 22.3 Å². The van der Waals surface area contributed by atoms with Crippen molar-refractivity contribution in [1.82, 2.24) is 4.72 Å². The minimum Gasteiger partial charge on any atom is -0.465 e. The normalized spacial score (nSPS) is 23.6. The fourth-order valence-corrected chi connectivity index (χ4v) is 4.97. The highest BCUT2D eigenvalue weighted by molar-refractivity contribution is 7.89. The molecule has 0 radical (unpaired) electrons. The lowest BCUT2D eigenvalue weighted by Crippen LogP contribution is -2.59. The van der Waals surface area contributed by atoms with Crippen LogP contribution in [-0.2, 0) is 14.8 Å². The summed E-state index contributed by atoms with van der Waals surface area (Å²) in [5.41, 5.74) is 4.87. The largest absolute Gasteiger partial charge is 0.465 e. The lowest BCUT2D eigenvalue weighted by Gasteiger charge is -2.42. The Morgan fingerprint density at radius 3 is 2.68 bits per heavy atom. The maximum Gasteiger partial charge on any atom is 0.339 e. The highest BCUT2D eigenvalue weighted by atomic mass is 35.5.